The molecule has 18 nitrogen and oxygen atoms in total. The number of aliphatic hydroxyl groups is 3. The lowest BCUT2D eigenvalue weighted by Crippen LogP contribution is -2.61. The van der Waals surface area contributed by atoms with Crippen LogP contribution in [0.5, 0.6) is 0 Å². The minimum atomic E-state index is -2.52. The van der Waals surface area contributed by atoms with Crippen LogP contribution in [0.3, 0.4) is 0 Å². The van der Waals surface area contributed by atoms with E-state index < -0.39 is 97.8 Å². The van der Waals surface area contributed by atoms with Gasteiger partial charge in [-0.3, -0.25) is 19.2 Å². The van der Waals surface area contributed by atoms with Crippen molar-refractivity contribution in [1.82, 2.24) is 4.90 Å². The first kappa shape index (κ1) is 65.8. The summed E-state index contributed by atoms with van der Waals surface area (Å²) in [5.41, 5.74) is 7.31. The lowest BCUT2D eigenvalue weighted by Gasteiger charge is -2.42. The van der Waals surface area contributed by atoms with Crippen molar-refractivity contribution >= 4 is 43.3 Å². The van der Waals surface area contributed by atoms with Crippen molar-refractivity contribution in [1.29, 1.82) is 0 Å². The molecule has 3 heterocycles. The summed E-state index contributed by atoms with van der Waals surface area (Å²) in [5, 5.41) is 34.6. The van der Waals surface area contributed by atoms with E-state index in [-0.39, 0.29) is 87.7 Å². The molecule has 3 fully saturated rings. The molecule has 0 radical (unpaired) electrons. The number of methoxy groups -OCH3 is 2. The van der Waals surface area contributed by atoms with E-state index in [1.54, 1.807) is 78.2 Å². The molecule has 0 aromatic rings. The number of piperidine rings is 1. The number of amides is 1. The van der Waals surface area contributed by atoms with E-state index in [1.165, 1.54) is 7.11 Å². The zero-order chi connectivity index (χ0) is 57.2. The Morgan fingerprint density at radius 1 is 0.883 bits per heavy atom. The molecule has 4 aliphatic rings. The lowest BCUT2D eigenvalue weighted by molar-refractivity contribution is -0.265. The average molecular weight is 1100 g/mol. The Morgan fingerprint density at radius 2 is 1.61 bits per heavy atom. The number of cyclic esters (lactones) is 1. The van der Waals surface area contributed by atoms with Crippen LogP contribution in [0.4, 0.5) is 0 Å². The van der Waals surface area contributed by atoms with E-state index in [1.807, 2.05) is 6.92 Å². The summed E-state index contributed by atoms with van der Waals surface area (Å²) in [6.07, 6.45) is 8.92. The summed E-state index contributed by atoms with van der Waals surface area (Å²) in [4.78, 5) is 84.5. The number of allylic oxidation sites excluding steroid dienone is 5. The molecule has 0 aromatic heterocycles. The van der Waals surface area contributed by atoms with Gasteiger partial charge in [-0.1, -0.05) is 83.8 Å². The van der Waals surface area contributed by atoms with Gasteiger partial charge in [0.2, 0.25) is 5.79 Å². The summed E-state index contributed by atoms with van der Waals surface area (Å²) < 4.78 is 40.9. The van der Waals surface area contributed by atoms with E-state index in [0.717, 1.165) is 17.4 Å². The Morgan fingerprint density at radius 3 is 2.30 bits per heavy atom. The molecule has 0 unspecified atom stereocenters. The van der Waals surface area contributed by atoms with Crippen molar-refractivity contribution in [3.05, 3.63) is 47.6 Å². The molecule has 0 aromatic carbocycles. The van der Waals surface area contributed by atoms with E-state index in [4.69, 9.17) is 38.9 Å². The predicted molar refractivity (Wildman–Crippen MR) is 293 cm³/mol. The molecule has 1 aliphatic carbocycles. The third-order valence-electron chi connectivity index (χ3n) is 15.9. The average Bonchev–Trinajstić information content (AvgIpc) is 3.38. The van der Waals surface area contributed by atoms with Crippen LogP contribution in [0.25, 0.3) is 0 Å². The first-order valence-electron chi connectivity index (χ1n) is 28.0. The van der Waals surface area contributed by atoms with Crippen molar-refractivity contribution in [2.24, 2.45) is 35.3 Å². The quantitative estimate of drug-likeness (QED) is 0.0501. The van der Waals surface area contributed by atoms with Gasteiger partial charge in [0.25, 0.3) is 11.7 Å². The highest BCUT2D eigenvalue weighted by Gasteiger charge is 2.53. The molecule has 2 bridgehead atoms. The molecule has 436 valence electrons. The van der Waals surface area contributed by atoms with Crippen LogP contribution in [-0.4, -0.2) is 171 Å². The van der Waals surface area contributed by atoms with Gasteiger partial charge in [0.05, 0.1) is 44.2 Å². The number of carbonyl (C=O) groups is 6. The number of aliphatic hydroxyl groups excluding tert-OH is 2. The highest BCUT2D eigenvalue weighted by molar-refractivity contribution is 6.76. The van der Waals surface area contributed by atoms with Crippen LogP contribution in [0.1, 0.15) is 119 Å². The Balaban J connectivity index is 1.58. The van der Waals surface area contributed by atoms with Gasteiger partial charge >= 0.3 is 11.9 Å². The van der Waals surface area contributed by atoms with Crippen LogP contribution in [0, 0.1) is 29.6 Å². The maximum Gasteiger partial charge on any atom is 0.332 e. The number of carbonyl (C=O) groups excluding carboxylic acids is 6. The highest BCUT2D eigenvalue weighted by Crippen LogP contribution is 2.38. The summed E-state index contributed by atoms with van der Waals surface area (Å²) in [5.74, 6) is -9.13. The van der Waals surface area contributed by atoms with Crippen LogP contribution < -0.4 is 5.73 Å². The minimum absolute atomic E-state index is 0.0393. The lowest BCUT2D eigenvalue weighted by atomic mass is 9.78. The van der Waals surface area contributed by atoms with Crippen molar-refractivity contribution in [2.45, 2.75) is 205 Å². The second kappa shape index (κ2) is 31.3. The normalized spacial score (nSPS) is 36.1. The third-order valence-corrected chi connectivity index (χ3v) is 17.6. The molecule has 1 saturated carbocycles. The molecule has 15 atom stereocenters. The van der Waals surface area contributed by atoms with Crippen molar-refractivity contribution in [2.75, 3.05) is 47.2 Å². The smallest absolute Gasteiger partial charge is 0.332 e. The molecular formula is C58H94N2O16Si. The van der Waals surface area contributed by atoms with Gasteiger partial charge in [-0.25, -0.2) is 9.59 Å². The monoisotopic (exact) mass is 1100 g/mol. The number of Topliss-reactive ketones (excluding diaryl/α,β-unsaturated/α-hetero) is 3. The number of ketones is 3. The van der Waals surface area contributed by atoms with Crippen molar-refractivity contribution in [3.8, 4) is 0 Å². The number of esters is 2. The van der Waals surface area contributed by atoms with Crippen LogP contribution in [0.2, 0.25) is 25.7 Å². The Labute approximate surface area is 458 Å². The number of nitrogens with zero attached hydrogens (tertiary/aromatic N) is 1. The number of nitrogens with two attached hydrogens (primary N) is 1. The second-order valence-corrected chi connectivity index (χ2v) is 29.1. The van der Waals surface area contributed by atoms with Crippen molar-refractivity contribution in [3.63, 3.8) is 0 Å². The topological polar surface area (TPSA) is 257 Å². The van der Waals surface area contributed by atoms with E-state index in [0.29, 0.717) is 62.7 Å². The van der Waals surface area contributed by atoms with Gasteiger partial charge in [0, 0.05) is 65.5 Å². The number of ether oxygens (including phenoxy) is 7. The number of rotatable bonds is 14. The number of hydrogen-bond acceptors (Lipinski definition) is 17. The molecular weight excluding hydrogens is 1010 g/mol. The first-order chi connectivity index (χ1) is 36.3. The Bertz CT molecular complexity index is 2090. The molecule has 2 saturated heterocycles. The fraction of sp³-hybridized carbons (Fsp3) is 0.759. The van der Waals surface area contributed by atoms with Gasteiger partial charge in [-0.05, 0) is 107 Å². The van der Waals surface area contributed by atoms with E-state index >= 15 is 0 Å². The van der Waals surface area contributed by atoms with Gasteiger partial charge < -0.3 is 59.1 Å². The summed E-state index contributed by atoms with van der Waals surface area (Å²) in [6.45, 7) is 17.6. The number of fused-ring (bicyclic) bond motifs is 3. The first-order valence-corrected chi connectivity index (χ1v) is 31.7. The molecule has 4 rings (SSSR count). The SMILES string of the molecule is CO[C@@H]1C[C@@H](C[C@H](C)[C@@H]2CC(=O)[C@H](C)/C=C(\C)[C@@H](O)[C@@H](OC)C(=O)[C@H](C)C[C@H](N)/C=C/C=C/C=C(\C)[C@@H](O)C[C@@H]3CC[C@@H](C)[C@@](O)(O3)C(=O)C(=O)N3CCCC[C@H]3C(=O)O2)CC[C@H]1OCCOCC(=O)OCC[Si](C)(C)C. The summed E-state index contributed by atoms with van der Waals surface area (Å²) in [6, 6.07) is -0.833. The fourth-order valence-electron chi connectivity index (χ4n) is 10.8. The Kier molecular flexibility index (Phi) is 26.7. The highest BCUT2D eigenvalue weighted by atomic mass is 28.3. The maximum atomic E-state index is 14.6. The molecule has 77 heavy (non-hydrogen) atoms. The Hall–Kier alpha value is -3.76. The predicted octanol–water partition coefficient (Wildman–Crippen LogP) is 6.14. The maximum absolute atomic E-state index is 14.6. The van der Waals surface area contributed by atoms with Gasteiger partial charge in [-0.2, -0.15) is 0 Å². The molecule has 0 spiro atoms. The van der Waals surface area contributed by atoms with Gasteiger partial charge in [-0.15, -0.1) is 0 Å². The molecule has 1 amide bonds. The summed E-state index contributed by atoms with van der Waals surface area (Å²) in [7, 11) is 1.63. The van der Waals surface area contributed by atoms with Gasteiger partial charge in [0.1, 0.15) is 36.7 Å². The largest absolute Gasteiger partial charge is 0.464 e. The van der Waals surface area contributed by atoms with E-state index in [2.05, 4.69) is 19.6 Å². The zero-order valence-electron chi connectivity index (χ0n) is 47.9. The zero-order valence-corrected chi connectivity index (χ0v) is 48.9. The van der Waals surface area contributed by atoms with Gasteiger partial charge in [0.15, 0.2) is 5.78 Å². The fourth-order valence-corrected chi connectivity index (χ4v) is 11.5. The molecule has 3 aliphatic heterocycles. The van der Waals surface area contributed by atoms with Crippen LogP contribution in [0.15, 0.2) is 47.6 Å². The van der Waals surface area contributed by atoms with E-state index in [9.17, 15) is 44.1 Å². The second-order valence-electron chi connectivity index (χ2n) is 23.5. The minimum Gasteiger partial charge on any atom is -0.464 e. The molecule has 5 N–H and O–H groups in total. The van der Waals surface area contributed by atoms with Crippen LogP contribution in [-0.2, 0) is 61.9 Å². The van der Waals surface area contributed by atoms with Crippen LogP contribution >= 0.6 is 0 Å². The summed E-state index contributed by atoms with van der Waals surface area (Å²) >= 11 is 0. The standard InChI is InChI=1S/C58H94N2O16Si/c1-36-17-13-12-14-18-43(59)31-40(5)53(65)54(71-8)52(64)39(4)29-37(2)47(62)34-49(38(3)30-42-21-23-48(50(32-42)70-7)73-26-25-72-35-51(63)74-27-28-77(9,10)11)75-57(68)45-19-15-16-24-60(45)56(67)55(66)58(69)41(6)20-22-44(76-58)33-46(36)61/h12-14,17-18,29,37-38,40-46,48-50,52,54,61,64,69H,15-16,19-28,30-35,59H2,1-11H3/b13-12+,18-14+,36-17+,39-29+/t37-,38+,40-,41-,42-,43-,44+,45+,46+,48-,49+,50-,52-,54-,58-/m1/s1. The van der Waals surface area contributed by atoms with Crippen molar-refractivity contribution < 1.29 is 77.2 Å². The number of hydrogen-bond donors (Lipinski definition) is 4. The molecule has 19 heteroatoms. The third kappa shape index (κ3) is 20.1.